The number of hydrogen-bond donors (Lipinski definition) is 1. The Morgan fingerprint density at radius 2 is 1.85 bits per heavy atom. The van der Waals surface area contributed by atoms with Gasteiger partial charge in [-0.25, -0.2) is 4.98 Å². The molecule has 3 rings (SSSR count). The first-order valence-corrected chi connectivity index (χ1v) is 9.77. The van der Waals surface area contributed by atoms with Crippen LogP contribution in [0.25, 0.3) is 10.6 Å². The third kappa shape index (κ3) is 4.93. The Bertz CT molecular complexity index is 847. The SMILES string of the molecule is CC(C)(C)c1ccc(-c2nc(COCCc3cccc(N)c3)cs2)cc1. The summed E-state index contributed by atoms with van der Waals surface area (Å²) in [6, 6.07) is 16.6. The van der Waals surface area contributed by atoms with Crippen molar-refractivity contribution < 1.29 is 4.74 Å². The molecule has 0 aliphatic heterocycles. The molecule has 0 amide bonds. The second-order valence-corrected chi connectivity index (χ2v) is 8.38. The molecule has 0 saturated carbocycles. The van der Waals surface area contributed by atoms with Crippen molar-refractivity contribution in [1.29, 1.82) is 0 Å². The maximum absolute atomic E-state index is 5.80. The highest BCUT2D eigenvalue weighted by atomic mass is 32.1. The number of aromatic nitrogens is 1. The zero-order chi connectivity index (χ0) is 18.6. The van der Waals surface area contributed by atoms with Crippen LogP contribution in [0.4, 0.5) is 5.69 Å². The largest absolute Gasteiger partial charge is 0.399 e. The molecular formula is C22H26N2OS. The quantitative estimate of drug-likeness (QED) is 0.466. The fourth-order valence-electron chi connectivity index (χ4n) is 2.73. The molecule has 2 N–H and O–H groups in total. The monoisotopic (exact) mass is 366 g/mol. The normalized spacial score (nSPS) is 11.7. The molecule has 136 valence electrons. The standard InChI is InChI=1S/C22H26N2OS/c1-22(2,3)18-9-7-17(8-10-18)21-24-20(15-26-21)14-25-12-11-16-5-4-6-19(23)13-16/h4-10,13,15H,11-12,14,23H2,1-3H3. The lowest BCUT2D eigenvalue weighted by atomic mass is 9.87. The molecule has 1 aromatic heterocycles. The van der Waals surface area contributed by atoms with Crippen LogP contribution in [-0.2, 0) is 23.2 Å². The van der Waals surface area contributed by atoms with E-state index >= 15 is 0 Å². The summed E-state index contributed by atoms with van der Waals surface area (Å²) in [4.78, 5) is 4.70. The molecular weight excluding hydrogens is 340 g/mol. The first-order chi connectivity index (χ1) is 12.4. The number of nitrogens with zero attached hydrogens (tertiary/aromatic N) is 1. The van der Waals surface area contributed by atoms with Crippen LogP contribution >= 0.6 is 11.3 Å². The Balaban J connectivity index is 1.53. The van der Waals surface area contributed by atoms with E-state index in [4.69, 9.17) is 15.5 Å². The number of hydrogen-bond acceptors (Lipinski definition) is 4. The first kappa shape index (κ1) is 18.6. The topological polar surface area (TPSA) is 48.1 Å². The minimum absolute atomic E-state index is 0.170. The molecule has 4 heteroatoms. The van der Waals surface area contributed by atoms with E-state index in [1.54, 1.807) is 11.3 Å². The summed E-state index contributed by atoms with van der Waals surface area (Å²) >= 11 is 1.66. The van der Waals surface area contributed by atoms with Gasteiger partial charge < -0.3 is 10.5 Å². The van der Waals surface area contributed by atoms with Crippen LogP contribution in [-0.4, -0.2) is 11.6 Å². The summed E-state index contributed by atoms with van der Waals surface area (Å²) in [6.45, 7) is 7.88. The highest BCUT2D eigenvalue weighted by Crippen LogP contribution is 2.28. The third-order valence-corrected chi connectivity index (χ3v) is 5.23. The zero-order valence-electron chi connectivity index (χ0n) is 15.7. The van der Waals surface area contributed by atoms with Crippen LogP contribution < -0.4 is 5.73 Å². The number of nitrogen functional groups attached to an aromatic ring is 1. The van der Waals surface area contributed by atoms with Gasteiger partial charge >= 0.3 is 0 Å². The van der Waals surface area contributed by atoms with Gasteiger partial charge in [0.05, 0.1) is 18.9 Å². The van der Waals surface area contributed by atoms with Crippen molar-refractivity contribution in [1.82, 2.24) is 4.98 Å². The molecule has 1 heterocycles. The summed E-state index contributed by atoms with van der Waals surface area (Å²) < 4.78 is 5.78. The fraction of sp³-hybridized carbons (Fsp3) is 0.318. The molecule has 0 unspecified atom stereocenters. The molecule has 0 fully saturated rings. The van der Waals surface area contributed by atoms with Gasteiger partial charge in [0.15, 0.2) is 0 Å². The highest BCUT2D eigenvalue weighted by Gasteiger charge is 2.13. The van der Waals surface area contributed by atoms with E-state index in [2.05, 4.69) is 56.5 Å². The lowest BCUT2D eigenvalue weighted by Gasteiger charge is -2.18. The number of rotatable bonds is 6. The predicted molar refractivity (Wildman–Crippen MR) is 110 cm³/mol. The average molecular weight is 367 g/mol. The molecule has 2 aromatic carbocycles. The van der Waals surface area contributed by atoms with E-state index in [-0.39, 0.29) is 5.41 Å². The van der Waals surface area contributed by atoms with Crippen molar-refractivity contribution >= 4 is 17.0 Å². The number of anilines is 1. The zero-order valence-corrected chi connectivity index (χ0v) is 16.5. The molecule has 3 aromatic rings. The molecule has 0 atom stereocenters. The predicted octanol–water partition coefficient (Wildman–Crippen LogP) is 5.45. The van der Waals surface area contributed by atoms with Gasteiger partial charge in [-0.2, -0.15) is 0 Å². The summed E-state index contributed by atoms with van der Waals surface area (Å²) in [5, 5.41) is 3.12. The van der Waals surface area contributed by atoms with Gasteiger partial charge in [-0.05, 0) is 35.1 Å². The number of benzene rings is 2. The second kappa shape index (κ2) is 8.02. The third-order valence-electron chi connectivity index (χ3n) is 4.29. The van der Waals surface area contributed by atoms with Crippen molar-refractivity contribution in [2.75, 3.05) is 12.3 Å². The van der Waals surface area contributed by atoms with Crippen LogP contribution in [0.3, 0.4) is 0 Å². The van der Waals surface area contributed by atoms with Crippen molar-refractivity contribution in [3.8, 4) is 10.6 Å². The molecule has 0 aliphatic carbocycles. The minimum Gasteiger partial charge on any atom is -0.399 e. The van der Waals surface area contributed by atoms with E-state index in [9.17, 15) is 0 Å². The van der Waals surface area contributed by atoms with Crippen molar-refractivity contribution in [2.45, 2.75) is 39.2 Å². The smallest absolute Gasteiger partial charge is 0.123 e. The van der Waals surface area contributed by atoms with E-state index < -0.39 is 0 Å². The molecule has 26 heavy (non-hydrogen) atoms. The first-order valence-electron chi connectivity index (χ1n) is 8.89. The van der Waals surface area contributed by atoms with E-state index in [1.807, 2.05) is 18.2 Å². The Hall–Kier alpha value is -2.17. The number of ether oxygens (including phenoxy) is 1. The lowest BCUT2D eigenvalue weighted by molar-refractivity contribution is 0.121. The Kier molecular flexibility index (Phi) is 5.74. The summed E-state index contributed by atoms with van der Waals surface area (Å²) in [5.41, 5.74) is 11.4. The van der Waals surface area contributed by atoms with E-state index in [0.717, 1.165) is 28.4 Å². The molecule has 0 bridgehead atoms. The van der Waals surface area contributed by atoms with Gasteiger partial charge in [0.25, 0.3) is 0 Å². The summed E-state index contributed by atoms with van der Waals surface area (Å²) in [6.07, 6.45) is 0.857. The Labute approximate surface area is 159 Å². The van der Waals surface area contributed by atoms with Gasteiger partial charge in [-0.15, -0.1) is 11.3 Å². The van der Waals surface area contributed by atoms with Gasteiger partial charge in [0.1, 0.15) is 5.01 Å². The minimum atomic E-state index is 0.170. The number of thiazole rings is 1. The molecule has 0 aliphatic rings. The van der Waals surface area contributed by atoms with Crippen molar-refractivity contribution in [3.05, 3.63) is 70.7 Å². The van der Waals surface area contributed by atoms with Gasteiger partial charge in [-0.1, -0.05) is 57.2 Å². The molecule has 0 saturated heterocycles. The van der Waals surface area contributed by atoms with Crippen LogP contribution in [0.1, 0.15) is 37.6 Å². The van der Waals surface area contributed by atoms with E-state index in [0.29, 0.717) is 13.2 Å². The van der Waals surface area contributed by atoms with Crippen LogP contribution in [0.2, 0.25) is 0 Å². The molecule has 0 spiro atoms. The second-order valence-electron chi connectivity index (χ2n) is 7.52. The van der Waals surface area contributed by atoms with Crippen LogP contribution in [0.15, 0.2) is 53.9 Å². The van der Waals surface area contributed by atoms with E-state index in [1.165, 1.54) is 11.1 Å². The van der Waals surface area contributed by atoms with Crippen LogP contribution in [0.5, 0.6) is 0 Å². The van der Waals surface area contributed by atoms with Crippen molar-refractivity contribution in [3.63, 3.8) is 0 Å². The van der Waals surface area contributed by atoms with Gasteiger partial charge in [-0.3, -0.25) is 0 Å². The molecule has 0 radical (unpaired) electrons. The summed E-state index contributed by atoms with van der Waals surface area (Å²) in [7, 11) is 0. The fourth-order valence-corrected chi connectivity index (χ4v) is 3.54. The van der Waals surface area contributed by atoms with Crippen molar-refractivity contribution in [2.24, 2.45) is 0 Å². The van der Waals surface area contributed by atoms with Gasteiger partial charge in [0, 0.05) is 16.6 Å². The Morgan fingerprint density at radius 1 is 1.08 bits per heavy atom. The van der Waals surface area contributed by atoms with Gasteiger partial charge in [0.2, 0.25) is 0 Å². The Morgan fingerprint density at radius 3 is 2.54 bits per heavy atom. The average Bonchev–Trinajstić information content (AvgIpc) is 3.07. The molecule has 3 nitrogen and oxygen atoms in total. The lowest BCUT2D eigenvalue weighted by Crippen LogP contribution is -2.10. The van der Waals surface area contributed by atoms with Crippen LogP contribution in [0, 0.1) is 0 Å². The summed E-state index contributed by atoms with van der Waals surface area (Å²) in [5.74, 6) is 0. The maximum Gasteiger partial charge on any atom is 0.123 e. The highest BCUT2D eigenvalue weighted by molar-refractivity contribution is 7.13. The maximum atomic E-state index is 5.80. The number of nitrogens with two attached hydrogens (primary N) is 1.